The Morgan fingerprint density at radius 1 is 1.47 bits per heavy atom. The third-order valence-corrected chi connectivity index (χ3v) is 4.88. The summed E-state index contributed by atoms with van der Waals surface area (Å²) in [4.78, 5) is 12.2. The van der Waals surface area contributed by atoms with Crippen molar-refractivity contribution in [2.24, 2.45) is 0 Å². The number of anilines is 2. The summed E-state index contributed by atoms with van der Waals surface area (Å²) in [7, 11) is -3.12. The van der Waals surface area contributed by atoms with Gasteiger partial charge >= 0.3 is 7.67 Å². The van der Waals surface area contributed by atoms with Crippen LogP contribution in [0.2, 0.25) is 5.28 Å². The average Bonchev–Trinajstić information content (AvgIpc) is 2.77. The second-order valence-corrected chi connectivity index (χ2v) is 6.17. The van der Waals surface area contributed by atoms with E-state index in [0.717, 1.165) is 0 Å². The van der Waals surface area contributed by atoms with Gasteiger partial charge in [-0.3, -0.25) is 4.67 Å². The third kappa shape index (κ3) is 3.14. The van der Waals surface area contributed by atoms with Gasteiger partial charge in [0.2, 0.25) is 17.2 Å². The van der Waals surface area contributed by atoms with E-state index >= 15 is 0 Å². The summed E-state index contributed by atoms with van der Waals surface area (Å²) < 4.78 is 19.3. The van der Waals surface area contributed by atoms with Gasteiger partial charge in [-0.2, -0.15) is 15.0 Å². The number of hydrogen-bond donors (Lipinski definition) is 2. The molecule has 0 saturated carbocycles. The Morgan fingerprint density at radius 3 is 2.84 bits per heavy atom. The summed E-state index contributed by atoms with van der Waals surface area (Å²) in [6, 6.07) is 0. The molecule has 0 radical (unpaired) electrons. The van der Waals surface area contributed by atoms with E-state index in [2.05, 4.69) is 25.4 Å². The highest BCUT2D eigenvalue weighted by Gasteiger charge is 2.36. The van der Waals surface area contributed by atoms with Crippen molar-refractivity contribution in [3.8, 4) is 0 Å². The van der Waals surface area contributed by atoms with Crippen LogP contribution in [0.1, 0.15) is 13.8 Å². The summed E-state index contributed by atoms with van der Waals surface area (Å²) in [6.45, 7) is 5.76. The molecule has 1 unspecified atom stereocenters. The number of hydrogen-bond acceptors (Lipinski definition) is 6. The smallest absolute Gasteiger partial charge is 0.354 e. The van der Waals surface area contributed by atoms with Crippen LogP contribution in [0.4, 0.5) is 11.9 Å². The molecule has 1 aliphatic rings. The molecule has 1 aromatic rings. The molecule has 1 aliphatic heterocycles. The van der Waals surface area contributed by atoms with Crippen molar-refractivity contribution in [2.45, 2.75) is 13.8 Å². The van der Waals surface area contributed by atoms with Gasteiger partial charge in [-0.25, -0.2) is 9.65 Å². The summed E-state index contributed by atoms with van der Waals surface area (Å²) in [5.41, 5.74) is 0. The van der Waals surface area contributed by atoms with Crippen LogP contribution in [0.3, 0.4) is 0 Å². The van der Waals surface area contributed by atoms with Crippen LogP contribution in [0, 0.1) is 0 Å². The molecule has 0 aromatic carbocycles. The zero-order chi connectivity index (χ0) is 13.9. The molecule has 1 saturated heterocycles. The van der Waals surface area contributed by atoms with Crippen LogP contribution in [0.25, 0.3) is 0 Å². The average molecular weight is 307 g/mol. The molecule has 0 bridgehead atoms. The third-order valence-electron chi connectivity index (χ3n) is 2.46. The molecule has 19 heavy (non-hydrogen) atoms. The Labute approximate surface area is 116 Å². The highest BCUT2D eigenvalue weighted by atomic mass is 35.5. The summed E-state index contributed by atoms with van der Waals surface area (Å²) in [5.74, 6) is 0.581. The Kier molecular flexibility index (Phi) is 4.57. The van der Waals surface area contributed by atoms with Crippen LogP contribution >= 0.6 is 19.3 Å². The van der Waals surface area contributed by atoms with E-state index in [1.807, 2.05) is 13.8 Å². The van der Waals surface area contributed by atoms with Crippen LogP contribution < -0.4 is 15.1 Å². The van der Waals surface area contributed by atoms with E-state index in [0.29, 0.717) is 32.2 Å². The molecule has 0 amide bonds. The van der Waals surface area contributed by atoms with Gasteiger partial charge < -0.3 is 9.84 Å². The molecule has 10 heteroatoms. The van der Waals surface area contributed by atoms with Crippen molar-refractivity contribution in [1.82, 2.24) is 20.0 Å². The van der Waals surface area contributed by atoms with Crippen LogP contribution in [-0.2, 0) is 9.09 Å². The van der Waals surface area contributed by atoms with Gasteiger partial charge in [-0.15, -0.1) is 0 Å². The Balaban J connectivity index is 2.35. The summed E-state index contributed by atoms with van der Waals surface area (Å²) >= 11 is 5.86. The van der Waals surface area contributed by atoms with Gasteiger partial charge in [0.05, 0.1) is 6.61 Å². The Hall–Kier alpha value is -0.950. The molecule has 1 fully saturated rings. The molecule has 1 aromatic heterocycles. The van der Waals surface area contributed by atoms with Crippen molar-refractivity contribution in [1.29, 1.82) is 0 Å². The Bertz CT molecular complexity index is 492. The van der Waals surface area contributed by atoms with E-state index in [-0.39, 0.29) is 11.2 Å². The maximum atomic E-state index is 12.6. The fourth-order valence-corrected chi connectivity index (χ4v) is 3.66. The lowest BCUT2D eigenvalue weighted by atomic mass is 10.7. The number of nitrogens with zero attached hydrogens (tertiary/aromatic N) is 4. The minimum absolute atomic E-state index is 0.0465. The topological polar surface area (TPSA) is 92.3 Å². The second-order valence-electron chi connectivity index (χ2n) is 3.74. The normalized spacial score (nSPS) is 22.5. The first kappa shape index (κ1) is 14.5. The maximum absolute atomic E-state index is 12.6. The zero-order valence-electron chi connectivity index (χ0n) is 10.8. The quantitative estimate of drug-likeness (QED) is 0.791. The van der Waals surface area contributed by atoms with Crippen LogP contribution in [0.15, 0.2) is 0 Å². The van der Waals surface area contributed by atoms with Crippen molar-refractivity contribution in [3.63, 3.8) is 0 Å². The zero-order valence-corrected chi connectivity index (χ0v) is 12.4. The van der Waals surface area contributed by atoms with E-state index in [4.69, 9.17) is 16.1 Å². The predicted octanol–water partition coefficient (Wildman–Crippen LogP) is 1.51. The minimum Gasteiger partial charge on any atom is -0.354 e. The standard InChI is InChI=1S/C9H16ClN6O2P/c1-3-11-8-13-7(10)14-9(15-8)16(4-2)19(17)12-5-6-18-19/h3-6H2,1-2H3,(H,12,17)(H,11,13,14,15). The predicted molar refractivity (Wildman–Crippen MR) is 73.6 cm³/mol. The molecule has 1 atom stereocenters. The van der Waals surface area contributed by atoms with Crippen molar-refractivity contribution in [3.05, 3.63) is 5.28 Å². The number of nitrogens with one attached hydrogen (secondary N) is 2. The number of rotatable bonds is 5. The molecule has 2 rings (SSSR count). The van der Waals surface area contributed by atoms with E-state index < -0.39 is 7.67 Å². The molecule has 2 N–H and O–H groups in total. The lowest BCUT2D eigenvalue weighted by molar-refractivity contribution is 0.356. The van der Waals surface area contributed by atoms with E-state index in [1.54, 1.807) is 0 Å². The van der Waals surface area contributed by atoms with Gasteiger partial charge in [-0.1, -0.05) is 0 Å². The van der Waals surface area contributed by atoms with Gasteiger partial charge in [-0.05, 0) is 25.4 Å². The highest BCUT2D eigenvalue weighted by Crippen LogP contribution is 2.50. The minimum atomic E-state index is -3.12. The highest BCUT2D eigenvalue weighted by molar-refractivity contribution is 7.58. The molecule has 2 heterocycles. The van der Waals surface area contributed by atoms with Crippen molar-refractivity contribution in [2.75, 3.05) is 36.2 Å². The lowest BCUT2D eigenvalue weighted by Crippen LogP contribution is -2.27. The molecular formula is C9H16ClN6O2P. The van der Waals surface area contributed by atoms with Crippen LogP contribution in [0.5, 0.6) is 0 Å². The van der Waals surface area contributed by atoms with Gasteiger partial charge in [0, 0.05) is 19.6 Å². The molecule has 106 valence electrons. The largest absolute Gasteiger partial charge is 0.371 e. The lowest BCUT2D eigenvalue weighted by Gasteiger charge is -2.25. The van der Waals surface area contributed by atoms with Crippen LogP contribution in [-0.4, -0.2) is 41.2 Å². The SMILES string of the molecule is CCNc1nc(Cl)nc(N(CC)P2(=O)NCCO2)n1. The Morgan fingerprint density at radius 2 is 2.26 bits per heavy atom. The summed E-state index contributed by atoms with van der Waals surface area (Å²) in [6.07, 6.45) is 0. The van der Waals surface area contributed by atoms with Gasteiger partial charge in [0.25, 0.3) is 0 Å². The monoisotopic (exact) mass is 306 g/mol. The first-order valence-electron chi connectivity index (χ1n) is 6.02. The summed E-state index contributed by atoms with van der Waals surface area (Å²) in [5, 5.41) is 5.84. The molecule has 0 spiro atoms. The second kappa shape index (κ2) is 6.00. The first-order valence-corrected chi connectivity index (χ1v) is 7.97. The molecular weight excluding hydrogens is 291 g/mol. The molecule has 8 nitrogen and oxygen atoms in total. The van der Waals surface area contributed by atoms with E-state index in [1.165, 1.54) is 4.67 Å². The first-order chi connectivity index (χ1) is 9.09. The van der Waals surface area contributed by atoms with Gasteiger partial charge in [0.15, 0.2) is 0 Å². The van der Waals surface area contributed by atoms with Gasteiger partial charge in [0.1, 0.15) is 0 Å². The fourth-order valence-electron chi connectivity index (χ4n) is 1.69. The fraction of sp³-hybridized carbons (Fsp3) is 0.667. The number of halogens is 1. The molecule has 0 aliphatic carbocycles. The van der Waals surface area contributed by atoms with E-state index in [9.17, 15) is 4.57 Å². The maximum Gasteiger partial charge on any atom is 0.371 e. The number of aromatic nitrogens is 3. The van der Waals surface area contributed by atoms with Crippen molar-refractivity contribution >= 4 is 31.2 Å². The van der Waals surface area contributed by atoms with Crippen molar-refractivity contribution < 1.29 is 9.09 Å².